The maximum atomic E-state index is 8.73. The van der Waals surface area contributed by atoms with Crippen LogP contribution in [0.15, 0.2) is 18.2 Å². The minimum absolute atomic E-state index is 0.503. The van der Waals surface area contributed by atoms with Gasteiger partial charge in [0.1, 0.15) is 0 Å². The number of thiophene rings is 1. The number of fused-ring (bicyclic) bond motifs is 1. The molecule has 2 aromatic rings. The molecule has 70 valence electrons. The summed E-state index contributed by atoms with van der Waals surface area (Å²) in [4.78, 5) is 1.31. The van der Waals surface area contributed by atoms with Gasteiger partial charge in [0.2, 0.25) is 0 Å². The zero-order valence-electron chi connectivity index (χ0n) is 7.67. The molecule has 1 aromatic carbocycles. The van der Waals surface area contributed by atoms with Crippen molar-refractivity contribution < 1.29 is 0 Å². The van der Waals surface area contributed by atoms with Crippen LogP contribution in [0.25, 0.3) is 10.1 Å². The van der Waals surface area contributed by atoms with Gasteiger partial charge in [-0.2, -0.15) is 5.26 Å². The molecular weight excluding hydrogens is 305 g/mol. The van der Waals surface area contributed by atoms with Gasteiger partial charge >= 0.3 is 0 Å². The molecule has 0 fully saturated rings. The van der Waals surface area contributed by atoms with Crippen LogP contribution in [0, 0.1) is 21.8 Å². The first-order valence-corrected chi connectivity index (χ1v) is 6.16. The predicted molar refractivity (Wildman–Crippen MR) is 68.6 cm³/mol. The molecular formula is C11H8INS. The van der Waals surface area contributed by atoms with Crippen LogP contribution in [-0.2, 0) is 6.42 Å². The first kappa shape index (κ1) is 9.94. The molecule has 0 atom stereocenters. The van der Waals surface area contributed by atoms with Crippen molar-refractivity contribution in [1.29, 1.82) is 5.26 Å². The van der Waals surface area contributed by atoms with E-state index in [9.17, 15) is 0 Å². The van der Waals surface area contributed by atoms with Crippen molar-refractivity contribution in [2.24, 2.45) is 0 Å². The molecule has 0 radical (unpaired) electrons. The highest BCUT2D eigenvalue weighted by Gasteiger charge is 2.05. The van der Waals surface area contributed by atoms with Crippen molar-refractivity contribution in [3.63, 3.8) is 0 Å². The van der Waals surface area contributed by atoms with Crippen molar-refractivity contribution >= 4 is 44.0 Å². The topological polar surface area (TPSA) is 23.8 Å². The summed E-state index contributed by atoms with van der Waals surface area (Å²) < 4.78 is 2.50. The van der Waals surface area contributed by atoms with Crippen LogP contribution >= 0.6 is 33.9 Å². The zero-order chi connectivity index (χ0) is 10.1. The fourth-order valence-electron chi connectivity index (χ4n) is 1.53. The molecule has 1 aromatic heterocycles. The maximum Gasteiger partial charge on any atom is 0.0669 e. The van der Waals surface area contributed by atoms with Gasteiger partial charge < -0.3 is 0 Å². The van der Waals surface area contributed by atoms with E-state index in [4.69, 9.17) is 5.26 Å². The predicted octanol–water partition coefficient (Wildman–Crippen LogP) is 3.88. The van der Waals surface area contributed by atoms with Crippen molar-refractivity contribution in [1.82, 2.24) is 0 Å². The van der Waals surface area contributed by atoms with Gasteiger partial charge in [0.05, 0.1) is 12.5 Å². The van der Waals surface area contributed by atoms with Crippen molar-refractivity contribution in [2.45, 2.75) is 13.3 Å². The van der Waals surface area contributed by atoms with E-state index in [1.807, 2.05) is 0 Å². The highest BCUT2D eigenvalue weighted by atomic mass is 127. The molecule has 0 saturated carbocycles. The molecule has 0 aliphatic heterocycles. The molecule has 0 unspecified atom stereocenters. The van der Waals surface area contributed by atoms with E-state index in [0.29, 0.717) is 6.42 Å². The fourth-order valence-corrected chi connectivity index (χ4v) is 3.44. The van der Waals surface area contributed by atoms with Crippen molar-refractivity contribution in [3.8, 4) is 6.07 Å². The van der Waals surface area contributed by atoms with E-state index in [0.717, 1.165) is 5.56 Å². The molecule has 1 heterocycles. The fraction of sp³-hybridized carbons (Fsp3) is 0.182. The van der Waals surface area contributed by atoms with Gasteiger partial charge in [0.25, 0.3) is 0 Å². The minimum Gasteiger partial charge on any atom is -0.198 e. The largest absolute Gasteiger partial charge is 0.198 e. The lowest BCUT2D eigenvalue weighted by molar-refractivity contribution is 1.28. The Hall–Kier alpha value is -0.600. The minimum atomic E-state index is 0.503. The summed E-state index contributed by atoms with van der Waals surface area (Å²) in [5.41, 5.74) is 1.15. The Morgan fingerprint density at radius 2 is 2.21 bits per heavy atom. The SMILES string of the molecule is Cc1cc2c(CC#N)cc(I)cc2s1. The Morgan fingerprint density at radius 3 is 2.93 bits per heavy atom. The van der Waals surface area contributed by atoms with Crippen LogP contribution in [0.4, 0.5) is 0 Å². The lowest BCUT2D eigenvalue weighted by atomic mass is 10.1. The number of benzene rings is 1. The van der Waals surface area contributed by atoms with Gasteiger partial charge in [0.15, 0.2) is 0 Å². The molecule has 0 amide bonds. The average molecular weight is 313 g/mol. The second kappa shape index (κ2) is 3.87. The van der Waals surface area contributed by atoms with Crippen molar-refractivity contribution in [3.05, 3.63) is 32.2 Å². The second-order valence-electron chi connectivity index (χ2n) is 3.17. The first-order chi connectivity index (χ1) is 6.70. The van der Waals surface area contributed by atoms with Gasteiger partial charge in [-0.15, -0.1) is 11.3 Å². The van der Waals surface area contributed by atoms with Gasteiger partial charge in [-0.05, 0) is 58.7 Å². The first-order valence-electron chi connectivity index (χ1n) is 4.26. The Balaban J connectivity index is 2.74. The van der Waals surface area contributed by atoms with E-state index in [1.165, 1.54) is 18.5 Å². The average Bonchev–Trinajstić information content (AvgIpc) is 2.45. The van der Waals surface area contributed by atoms with Crippen LogP contribution in [0.2, 0.25) is 0 Å². The summed E-state index contributed by atoms with van der Waals surface area (Å²) >= 11 is 4.09. The molecule has 14 heavy (non-hydrogen) atoms. The lowest BCUT2D eigenvalue weighted by Crippen LogP contribution is -1.83. The van der Waals surface area contributed by atoms with E-state index in [1.54, 1.807) is 11.3 Å². The second-order valence-corrected chi connectivity index (χ2v) is 5.70. The number of nitrogens with zero attached hydrogens (tertiary/aromatic N) is 1. The molecule has 0 N–H and O–H groups in total. The van der Waals surface area contributed by atoms with Crippen LogP contribution in [0.3, 0.4) is 0 Å². The highest BCUT2D eigenvalue weighted by Crippen LogP contribution is 2.30. The van der Waals surface area contributed by atoms with E-state index < -0.39 is 0 Å². The number of aryl methyl sites for hydroxylation is 1. The third kappa shape index (κ3) is 1.77. The molecule has 0 spiro atoms. The Morgan fingerprint density at radius 1 is 1.43 bits per heavy atom. The number of nitriles is 1. The molecule has 0 bridgehead atoms. The Bertz CT molecular complexity index is 522. The van der Waals surface area contributed by atoms with E-state index >= 15 is 0 Å². The summed E-state index contributed by atoms with van der Waals surface area (Å²) in [6.07, 6.45) is 0.503. The molecule has 0 aliphatic rings. The quantitative estimate of drug-likeness (QED) is 0.733. The summed E-state index contributed by atoms with van der Waals surface area (Å²) in [5.74, 6) is 0. The Labute approximate surface area is 101 Å². The summed E-state index contributed by atoms with van der Waals surface area (Å²) in [6.45, 7) is 2.10. The number of hydrogen-bond donors (Lipinski definition) is 0. The third-order valence-corrected chi connectivity index (χ3v) is 3.70. The molecule has 3 heteroatoms. The molecule has 0 aliphatic carbocycles. The number of rotatable bonds is 1. The maximum absolute atomic E-state index is 8.73. The number of hydrogen-bond acceptors (Lipinski definition) is 2. The summed E-state index contributed by atoms with van der Waals surface area (Å²) in [7, 11) is 0. The smallest absolute Gasteiger partial charge is 0.0669 e. The van der Waals surface area contributed by atoms with E-state index in [2.05, 4.69) is 53.8 Å². The third-order valence-electron chi connectivity index (χ3n) is 2.08. The van der Waals surface area contributed by atoms with Crippen LogP contribution in [0.1, 0.15) is 10.4 Å². The normalized spacial score (nSPS) is 10.4. The summed E-state index contributed by atoms with van der Waals surface area (Å²) in [6, 6.07) is 8.65. The standard InChI is InChI=1S/C11H8INS/c1-7-4-10-8(2-3-13)5-9(12)6-11(10)14-7/h4-6H,2H2,1H3. The van der Waals surface area contributed by atoms with Crippen LogP contribution in [0.5, 0.6) is 0 Å². The monoisotopic (exact) mass is 313 g/mol. The molecule has 0 saturated heterocycles. The van der Waals surface area contributed by atoms with E-state index in [-0.39, 0.29) is 0 Å². The van der Waals surface area contributed by atoms with Crippen molar-refractivity contribution in [2.75, 3.05) is 0 Å². The molecule has 2 rings (SSSR count). The van der Waals surface area contributed by atoms with Gasteiger partial charge in [0, 0.05) is 13.1 Å². The van der Waals surface area contributed by atoms with Gasteiger partial charge in [-0.3, -0.25) is 0 Å². The molecule has 1 nitrogen and oxygen atoms in total. The number of halogens is 1. The van der Waals surface area contributed by atoms with Gasteiger partial charge in [-0.25, -0.2) is 0 Å². The van der Waals surface area contributed by atoms with Crippen LogP contribution in [-0.4, -0.2) is 0 Å². The zero-order valence-corrected chi connectivity index (χ0v) is 10.6. The lowest BCUT2D eigenvalue weighted by Gasteiger charge is -1.98. The van der Waals surface area contributed by atoms with Crippen LogP contribution < -0.4 is 0 Å². The highest BCUT2D eigenvalue weighted by molar-refractivity contribution is 14.1. The Kier molecular flexibility index (Phi) is 2.75. The van der Waals surface area contributed by atoms with Gasteiger partial charge in [-0.1, -0.05) is 0 Å². The summed E-state index contributed by atoms with van der Waals surface area (Å²) in [5, 5.41) is 9.97.